The summed E-state index contributed by atoms with van der Waals surface area (Å²) in [5.74, 6) is 0.644. The quantitative estimate of drug-likeness (QED) is 0.733. The molecule has 2 rings (SSSR count). The fourth-order valence-electron chi connectivity index (χ4n) is 1.21. The molecule has 2 N–H and O–H groups in total. The molecule has 0 aliphatic heterocycles. The van der Waals surface area contributed by atoms with Gasteiger partial charge in [0.2, 0.25) is 0 Å². The molecule has 0 saturated carbocycles. The lowest BCUT2D eigenvalue weighted by molar-refractivity contribution is 0.243. The Labute approximate surface area is 80.8 Å². The van der Waals surface area contributed by atoms with Crippen molar-refractivity contribution in [2.75, 3.05) is 5.73 Å². The molecular weight excluding hydrogens is 182 g/mol. The third-order valence-electron chi connectivity index (χ3n) is 1.77. The molecule has 0 spiro atoms. The van der Waals surface area contributed by atoms with Crippen molar-refractivity contribution >= 4 is 16.7 Å². The topological polar surface area (TPSA) is 74.2 Å². The van der Waals surface area contributed by atoms with Crippen LogP contribution in [-0.4, -0.2) is 16.4 Å². The highest BCUT2D eigenvalue weighted by molar-refractivity contribution is 5.90. The van der Waals surface area contributed by atoms with E-state index in [2.05, 4.69) is 14.9 Å². The predicted octanol–water partition coefficient (Wildman–Crippen LogP) is 1.59. The summed E-state index contributed by atoms with van der Waals surface area (Å²) in [5.41, 5.74) is 7.33. The average Bonchev–Trinajstić information content (AvgIpc) is 2.58. The maximum Gasteiger partial charge on any atom is 0.179 e. The van der Waals surface area contributed by atoms with Gasteiger partial charge in [-0.05, 0) is 36.3 Å². The first-order chi connectivity index (χ1) is 6.68. The number of fused-ring (bicyclic) bond motifs is 1. The van der Waals surface area contributed by atoms with E-state index in [0.717, 1.165) is 0 Å². The summed E-state index contributed by atoms with van der Waals surface area (Å²) < 4.78 is 10.1. The zero-order chi connectivity index (χ0) is 10.1. The summed E-state index contributed by atoms with van der Waals surface area (Å²) in [6, 6.07) is 3.49. The number of hydrogen-bond donors (Lipinski definition) is 1. The second-order valence-corrected chi connectivity index (χ2v) is 3.28. The largest absolute Gasteiger partial charge is 0.489 e. The third-order valence-corrected chi connectivity index (χ3v) is 1.77. The molecule has 0 aliphatic carbocycles. The van der Waals surface area contributed by atoms with Gasteiger partial charge < -0.3 is 10.5 Å². The Balaban J connectivity index is 2.55. The number of nitrogens with two attached hydrogens (primary N) is 1. The number of nitrogen functional groups attached to an aromatic ring is 1. The summed E-state index contributed by atoms with van der Waals surface area (Å²) in [7, 11) is 0. The van der Waals surface area contributed by atoms with E-state index in [-0.39, 0.29) is 6.10 Å². The van der Waals surface area contributed by atoms with E-state index in [1.807, 2.05) is 13.8 Å². The van der Waals surface area contributed by atoms with Crippen LogP contribution in [0.15, 0.2) is 16.8 Å². The normalized spacial score (nSPS) is 11.1. The predicted molar refractivity (Wildman–Crippen MR) is 52.0 cm³/mol. The van der Waals surface area contributed by atoms with E-state index in [1.54, 1.807) is 12.1 Å². The Kier molecular flexibility index (Phi) is 1.99. The van der Waals surface area contributed by atoms with Gasteiger partial charge in [0.15, 0.2) is 16.8 Å². The number of ether oxygens (including phenoxy) is 1. The molecule has 5 heteroatoms. The summed E-state index contributed by atoms with van der Waals surface area (Å²) in [4.78, 5) is 0. The molecule has 1 aromatic heterocycles. The van der Waals surface area contributed by atoms with E-state index < -0.39 is 0 Å². The number of nitrogens with zero attached hydrogens (tertiary/aromatic N) is 2. The van der Waals surface area contributed by atoms with Crippen LogP contribution in [0.1, 0.15) is 13.8 Å². The fourth-order valence-corrected chi connectivity index (χ4v) is 1.21. The molecule has 2 aromatic rings. The van der Waals surface area contributed by atoms with Crippen LogP contribution in [0, 0.1) is 0 Å². The van der Waals surface area contributed by atoms with E-state index in [4.69, 9.17) is 10.5 Å². The van der Waals surface area contributed by atoms with Crippen molar-refractivity contribution in [1.29, 1.82) is 0 Å². The number of hydrogen-bond acceptors (Lipinski definition) is 5. The van der Waals surface area contributed by atoms with Crippen LogP contribution in [0.3, 0.4) is 0 Å². The van der Waals surface area contributed by atoms with Gasteiger partial charge in [-0.2, -0.15) is 0 Å². The Morgan fingerprint density at radius 3 is 2.71 bits per heavy atom. The minimum atomic E-state index is 0.0820. The first kappa shape index (κ1) is 8.80. The van der Waals surface area contributed by atoms with Gasteiger partial charge in [0.05, 0.1) is 11.8 Å². The van der Waals surface area contributed by atoms with Gasteiger partial charge in [0.25, 0.3) is 0 Å². The van der Waals surface area contributed by atoms with Crippen LogP contribution in [0.25, 0.3) is 11.0 Å². The van der Waals surface area contributed by atoms with Crippen molar-refractivity contribution in [2.24, 2.45) is 0 Å². The molecule has 0 fully saturated rings. The average molecular weight is 193 g/mol. The molecule has 0 atom stereocenters. The maximum absolute atomic E-state index is 5.68. The first-order valence-corrected chi connectivity index (χ1v) is 4.36. The van der Waals surface area contributed by atoms with Gasteiger partial charge in [0, 0.05) is 0 Å². The van der Waals surface area contributed by atoms with Crippen molar-refractivity contribution in [3.63, 3.8) is 0 Å². The van der Waals surface area contributed by atoms with Crippen LogP contribution >= 0.6 is 0 Å². The zero-order valence-corrected chi connectivity index (χ0v) is 8.02. The molecule has 0 saturated heterocycles. The molecule has 1 aromatic carbocycles. The van der Waals surface area contributed by atoms with Crippen LogP contribution in [0.2, 0.25) is 0 Å². The van der Waals surface area contributed by atoms with Crippen molar-refractivity contribution in [3.8, 4) is 5.75 Å². The minimum absolute atomic E-state index is 0.0820. The maximum atomic E-state index is 5.68. The van der Waals surface area contributed by atoms with Gasteiger partial charge in [-0.15, -0.1) is 0 Å². The van der Waals surface area contributed by atoms with Crippen LogP contribution in [-0.2, 0) is 0 Å². The Morgan fingerprint density at radius 2 is 2.00 bits per heavy atom. The lowest BCUT2D eigenvalue weighted by Crippen LogP contribution is -2.06. The highest BCUT2D eigenvalue weighted by Crippen LogP contribution is 2.27. The molecule has 0 unspecified atom stereocenters. The number of aromatic nitrogens is 2. The fraction of sp³-hybridized carbons (Fsp3) is 0.333. The highest BCUT2D eigenvalue weighted by atomic mass is 16.6. The van der Waals surface area contributed by atoms with E-state index in [1.165, 1.54) is 0 Å². The van der Waals surface area contributed by atoms with Gasteiger partial charge in [-0.1, -0.05) is 0 Å². The molecule has 74 valence electrons. The summed E-state index contributed by atoms with van der Waals surface area (Å²) >= 11 is 0. The van der Waals surface area contributed by atoms with Crippen molar-refractivity contribution in [3.05, 3.63) is 12.1 Å². The molecule has 0 bridgehead atoms. The van der Waals surface area contributed by atoms with E-state index in [9.17, 15) is 0 Å². The molecular formula is C9H11N3O2. The first-order valence-electron chi connectivity index (χ1n) is 4.36. The van der Waals surface area contributed by atoms with Crippen LogP contribution in [0.5, 0.6) is 5.75 Å². The number of benzene rings is 1. The van der Waals surface area contributed by atoms with Gasteiger partial charge in [-0.3, -0.25) is 0 Å². The molecule has 14 heavy (non-hydrogen) atoms. The summed E-state index contributed by atoms with van der Waals surface area (Å²) in [6.45, 7) is 3.88. The molecule has 5 nitrogen and oxygen atoms in total. The number of anilines is 1. The standard InChI is InChI=1S/C9H11N3O2/c1-5(2)13-7-4-3-6(10)8-9(7)12-14-11-8/h3-5H,10H2,1-2H3. The van der Waals surface area contributed by atoms with Crippen molar-refractivity contribution < 1.29 is 9.37 Å². The molecule has 0 aliphatic rings. The minimum Gasteiger partial charge on any atom is -0.489 e. The number of rotatable bonds is 2. The van der Waals surface area contributed by atoms with E-state index in [0.29, 0.717) is 22.5 Å². The Bertz CT molecular complexity index is 450. The SMILES string of the molecule is CC(C)Oc1ccc(N)c2nonc12. The molecule has 1 heterocycles. The Hall–Kier alpha value is -1.78. The van der Waals surface area contributed by atoms with Gasteiger partial charge in [-0.25, -0.2) is 4.63 Å². The second kappa shape index (κ2) is 3.17. The smallest absolute Gasteiger partial charge is 0.179 e. The van der Waals surface area contributed by atoms with Gasteiger partial charge in [0.1, 0.15) is 0 Å². The summed E-state index contributed by atoms with van der Waals surface area (Å²) in [5, 5.41) is 7.44. The molecule has 0 amide bonds. The van der Waals surface area contributed by atoms with Crippen LogP contribution < -0.4 is 10.5 Å². The molecule has 0 radical (unpaired) electrons. The highest BCUT2D eigenvalue weighted by Gasteiger charge is 2.11. The van der Waals surface area contributed by atoms with Crippen LogP contribution in [0.4, 0.5) is 5.69 Å². The van der Waals surface area contributed by atoms with Gasteiger partial charge >= 0.3 is 0 Å². The lowest BCUT2D eigenvalue weighted by Gasteiger charge is -2.09. The van der Waals surface area contributed by atoms with Crippen molar-refractivity contribution in [2.45, 2.75) is 20.0 Å². The van der Waals surface area contributed by atoms with Crippen molar-refractivity contribution in [1.82, 2.24) is 10.3 Å². The van der Waals surface area contributed by atoms with E-state index >= 15 is 0 Å². The zero-order valence-electron chi connectivity index (χ0n) is 8.02. The Morgan fingerprint density at radius 1 is 1.29 bits per heavy atom. The third kappa shape index (κ3) is 1.37. The second-order valence-electron chi connectivity index (χ2n) is 3.28. The lowest BCUT2D eigenvalue weighted by atomic mass is 10.2. The monoisotopic (exact) mass is 193 g/mol. The summed E-state index contributed by atoms with van der Waals surface area (Å²) in [6.07, 6.45) is 0.0820.